The Balaban J connectivity index is 1.90. The van der Waals surface area contributed by atoms with Crippen molar-refractivity contribution in [2.45, 2.75) is 38.9 Å². The molecule has 0 aromatic heterocycles. The summed E-state index contributed by atoms with van der Waals surface area (Å²) in [6, 6.07) is 5.26. The molecule has 1 aromatic carbocycles. The van der Waals surface area contributed by atoms with Gasteiger partial charge in [-0.25, -0.2) is 0 Å². The van der Waals surface area contributed by atoms with Crippen LogP contribution in [0.3, 0.4) is 0 Å². The maximum atomic E-state index is 12.5. The summed E-state index contributed by atoms with van der Waals surface area (Å²) in [7, 11) is 0. The van der Waals surface area contributed by atoms with E-state index in [-0.39, 0.29) is 12.0 Å². The topological polar surface area (TPSA) is 38.8 Å². The minimum absolute atomic E-state index is 0.0109. The Labute approximate surface area is 144 Å². The molecular formula is C16H21BrClNO3. The fraction of sp³-hybridized carbons (Fsp3) is 0.562. The third-order valence-corrected chi connectivity index (χ3v) is 4.56. The van der Waals surface area contributed by atoms with Gasteiger partial charge in [-0.2, -0.15) is 0 Å². The van der Waals surface area contributed by atoms with Crippen LogP contribution in [-0.2, 0) is 9.53 Å². The standard InChI is InChI=1S/C16H21BrClNO3/c1-3-21-13-6-8-19(9-7-13)16(20)11(2)22-15-5-4-12(18)10-14(15)17/h4-5,10-11,13H,3,6-9H2,1-2H3. The van der Waals surface area contributed by atoms with E-state index >= 15 is 0 Å². The van der Waals surface area contributed by atoms with Gasteiger partial charge in [0.1, 0.15) is 5.75 Å². The first kappa shape index (κ1) is 17.6. The molecule has 1 saturated heterocycles. The zero-order chi connectivity index (χ0) is 16.1. The molecule has 1 aromatic rings. The number of rotatable bonds is 5. The summed E-state index contributed by atoms with van der Waals surface area (Å²) in [5, 5.41) is 0.621. The monoisotopic (exact) mass is 389 g/mol. The van der Waals surface area contributed by atoms with Crippen LogP contribution in [-0.4, -0.2) is 42.7 Å². The number of hydrogen-bond donors (Lipinski definition) is 0. The van der Waals surface area contributed by atoms with Gasteiger partial charge in [0.15, 0.2) is 6.10 Å². The van der Waals surface area contributed by atoms with E-state index in [4.69, 9.17) is 21.1 Å². The van der Waals surface area contributed by atoms with Gasteiger partial charge in [-0.3, -0.25) is 4.79 Å². The number of amides is 1. The van der Waals surface area contributed by atoms with Crippen LogP contribution in [0.1, 0.15) is 26.7 Å². The normalized spacial score (nSPS) is 17.4. The van der Waals surface area contributed by atoms with Crippen molar-refractivity contribution >= 4 is 33.4 Å². The zero-order valence-electron chi connectivity index (χ0n) is 12.9. The molecule has 0 N–H and O–H groups in total. The van der Waals surface area contributed by atoms with Gasteiger partial charge >= 0.3 is 0 Å². The van der Waals surface area contributed by atoms with Gasteiger partial charge in [-0.05, 0) is 60.8 Å². The molecule has 6 heteroatoms. The Morgan fingerprint density at radius 2 is 2.14 bits per heavy atom. The fourth-order valence-corrected chi connectivity index (χ4v) is 3.32. The van der Waals surface area contributed by atoms with E-state index < -0.39 is 6.10 Å². The van der Waals surface area contributed by atoms with Crippen molar-refractivity contribution in [1.29, 1.82) is 0 Å². The van der Waals surface area contributed by atoms with E-state index in [1.807, 2.05) is 11.8 Å². The highest BCUT2D eigenvalue weighted by molar-refractivity contribution is 9.10. The summed E-state index contributed by atoms with van der Waals surface area (Å²) in [6.45, 7) is 5.94. The highest BCUT2D eigenvalue weighted by Gasteiger charge is 2.27. The maximum Gasteiger partial charge on any atom is 0.263 e. The molecule has 2 rings (SSSR count). The fourth-order valence-electron chi connectivity index (χ4n) is 2.55. The first-order valence-corrected chi connectivity index (χ1v) is 8.70. The molecular weight excluding hydrogens is 370 g/mol. The van der Waals surface area contributed by atoms with Crippen molar-refractivity contribution in [1.82, 2.24) is 4.90 Å². The molecule has 0 spiro atoms. The van der Waals surface area contributed by atoms with Crippen LogP contribution in [0.5, 0.6) is 5.75 Å². The van der Waals surface area contributed by atoms with Gasteiger partial charge in [-0.1, -0.05) is 11.6 Å². The number of benzene rings is 1. The lowest BCUT2D eigenvalue weighted by Gasteiger charge is -2.33. The lowest BCUT2D eigenvalue weighted by Crippen LogP contribution is -2.46. The van der Waals surface area contributed by atoms with E-state index in [2.05, 4.69) is 15.9 Å². The summed E-state index contributed by atoms with van der Waals surface area (Å²) < 4.78 is 12.1. The molecule has 122 valence electrons. The summed E-state index contributed by atoms with van der Waals surface area (Å²) in [5.41, 5.74) is 0. The van der Waals surface area contributed by atoms with Crippen molar-refractivity contribution < 1.29 is 14.3 Å². The van der Waals surface area contributed by atoms with Crippen LogP contribution in [0.25, 0.3) is 0 Å². The van der Waals surface area contributed by atoms with Gasteiger partial charge in [0, 0.05) is 24.7 Å². The molecule has 0 aliphatic carbocycles. The van der Waals surface area contributed by atoms with Gasteiger partial charge < -0.3 is 14.4 Å². The van der Waals surface area contributed by atoms with Gasteiger partial charge in [-0.15, -0.1) is 0 Å². The minimum atomic E-state index is -0.527. The van der Waals surface area contributed by atoms with Crippen molar-refractivity contribution in [3.8, 4) is 5.75 Å². The molecule has 0 radical (unpaired) electrons. The molecule has 1 aliphatic heterocycles. The van der Waals surface area contributed by atoms with E-state index in [0.29, 0.717) is 10.8 Å². The van der Waals surface area contributed by atoms with Crippen LogP contribution in [0.4, 0.5) is 0 Å². The first-order chi connectivity index (χ1) is 10.5. The summed E-state index contributed by atoms with van der Waals surface area (Å²) in [6.07, 6.45) is 1.52. The Bertz CT molecular complexity index is 518. The van der Waals surface area contributed by atoms with Crippen molar-refractivity contribution in [3.63, 3.8) is 0 Å². The highest BCUT2D eigenvalue weighted by atomic mass is 79.9. The Hall–Kier alpha value is -0.780. The molecule has 4 nitrogen and oxygen atoms in total. The quantitative estimate of drug-likeness (QED) is 0.765. The van der Waals surface area contributed by atoms with E-state index in [1.54, 1.807) is 25.1 Å². The van der Waals surface area contributed by atoms with Crippen LogP contribution in [0, 0.1) is 0 Å². The Morgan fingerprint density at radius 1 is 1.45 bits per heavy atom. The Morgan fingerprint density at radius 3 is 2.73 bits per heavy atom. The predicted molar refractivity (Wildman–Crippen MR) is 90.5 cm³/mol. The average Bonchev–Trinajstić information content (AvgIpc) is 2.50. The maximum absolute atomic E-state index is 12.5. The molecule has 1 amide bonds. The smallest absolute Gasteiger partial charge is 0.263 e. The van der Waals surface area contributed by atoms with Gasteiger partial charge in [0.05, 0.1) is 10.6 Å². The zero-order valence-corrected chi connectivity index (χ0v) is 15.2. The first-order valence-electron chi connectivity index (χ1n) is 7.53. The van der Waals surface area contributed by atoms with Crippen molar-refractivity contribution in [2.75, 3.05) is 19.7 Å². The molecule has 1 unspecified atom stereocenters. The second kappa shape index (κ2) is 8.18. The van der Waals surface area contributed by atoms with Gasteiger partial charge in [0.25, 0.3) is 5.91 Å². The molecule has 0 bridgehead atoms. The molecule has 1 aliphatic rings. The lowest BCUT2D eigenvalue weighted by molar-refractivity contribution is -0.140. The van der Waals surface area contributed by atoms with Crippen LogP contribution in [0.2, 0.25) is 5.02 Å². The Kier molecular flexibility index (Phi) is 6.53. The second-order valence-corrected chi connectivity index (χ2v) is 6.61. The van der Waals surface area contributed by atoms with Crippen LogP contribution in [0.15, 0.2) is 22.7 Å². The number of carbonyl (C=O) groups is 1. The number of nitrogens with zero attached hydrogens (tertiary/aromatic N) is 1. The summed E-state index contributed by atoms with van der Waals surface area (Å²) >= 11 is 9.30. The highest BCUT2D eigenvalue weighted by Crippen LogP contribution is 2.29. The summed E-state index contributed by atoms with van der Waals surface area (Å²) in [4.78, 5) is 14.3. The number of piperidine rings is 1. The number of carbonyl (C=O) groups excluding carboxylic acids is 1. The van der Waals surface area contributed by atoms with E-state index in [1.165, 1.54) is 0 Å². The molecule has 1 fully saturated rings. The molecule has 0 saturated carbocycles. The third-order valence-electron chi connectivity index (χ3n) is 3.70. The van der Waals surface area contributed by atoms with Crippen LogP contribution >= 0.6 is 27.5 Å². The lowest BCUT2D eigenvalue weighted by atomic mass is 10.1. The summed E-state index contributed by atoms with van der Waals surface area (Å²) in [5.74, 6) is 0.631. The minimum Gasteiger partial charge on any atom is -0.480 e. The van der Waals surface area contributed by atoms with Crippen molar-refractivity contribution in [2.24, 2.45) is 0 Å². The van der Waals surface area contributed by atoms with Crippen molar-refractivity contribution in [3.05, 3.63) is 27.7 Å². The largest absolute Gasteiger partial charge is 0.480 e. The number of halogens is 2. The molecule has 1 atom stereocenters. The predicted octanol–water partition coefficient (Wildman–Crippen LogP) is 3.90. The van der Waals surface area contributed by atoms with E-state index in [9.17, 15) is 4.79 Å². The number of likely N-dealkylation sites (tertiary alicyclic amines) is 1. The second-order valence-electron chi connectivity index (χ2n) is 5.31. The molecule has 1 heterocycles. The average molecular weight is 391 g/mol. The third kappa shape index (κ3) is 4.61. The molecule has 22 heavy (non-hydrogen) atoms. The van der Waals surface area contributed by atoms with E-state index in [0.717, 1.165) is 37.0 Å². The number of hydrogen-bond acceptors (Lipinski definition) is 3. The van der Waals surface area contributed by atoms with Gasteiger partial charge in [0.2, 0.25) is 0 Å². The number of ether oxygens (including phenoxy) is 2. The SMILES string of the molecule is CCOC1CCN(C(=O)C(C)Oc2ccc(Cl)cc2Br)CC1. The van der Waals surface area contributed by atoms with Crippen LogP contribution < -0.4 is 4.74 Å².